The van der Waals surface area contributed by atoms with Crippen LogP contribution in [0.4, 0.5) is 5.95 Å². The number of anilines is 1. The zero-order valence-electron chi connectivity index (χ0n) is 18.4. The molecule has 1 aromatic heterocycles. The standard InChI is InChI=1S/C23H25N5O4S/c1-16-4-3-5-17(2)21(16)18-6-8-20(9-7-18)33(31,32)28-12-10-27(11-13-28)23-24-14-19(15-25-23)22(29)26-30/h3-9,14-15,30H,10-13H2,1-2H3,(H,26,29). The molecule has 0 spiro atoms. The van der Waals surface area contributed by atoms with Gasteiger partial charge in [-0.1, -0.05) is 30.3 Å². The van der Waals surface area contributed by atoms with Crippen LogP contribution in [0, 0.1) is 13.8 Å². The van der Waals surface area contributed by atoms with E-state index in [4.69, 9.17) is 5.21 Å². The van der Waals surface area contributed by atoms with E-state index in [0.717, 1.165) is 22.3 Å². The molecule has 0 bridgehead atoms. The van der Waals surface area contributed by atoms with Gasteiger partial charge in [0.1, 0.15) is 0 Å². The molecule has 9 nitrogen and oxygen atoms in total. The minimum absolute atomic E-state index is 0.131. The van der Waals surface area contributed by atoms with Crippen LogP contribution in [0.1, 0.15) is 21.5 Å². The molecule has 33 heavy (non-hydrogen) atoms. The Labute approximate surface area is 192 Å². The van der Waals surface area contributed by atoms with Crippen molar-refractivity contribution in [2.24, 2.45) is 0 Å². The normalized spacial score (nSPS) is 14.8. The predicted octanol–water partition coefficient (Wildman–Crippen LogP) is 2.39. The average molecular weight is 468 g/mol. The lowest BCUT2D eigenvalue weighted by atomic mass is 9.96. The zero-order valence-corrected chi connectivity index (χ0v) is 19.2. The molecule has 3 aromatic rings. The van der Waals surface area contributed by atoms with Gasteiger partial charge in [-0.25, -0.2) is 23.9 Å². The van der Waals surface area contributed by atoms with Gasteiger partial charge in [0, 0.05) is 38.6 Å². The minimum Gasteiger partial charge on any atom is -0.338 e. The fourth-order valence-corrected chi connectivity index (χ4v) is 5.43. The predicted molar refractivity (Wildman–Crippen MR) is 124 cm³/mol. The molecule has 0 aliphatic carbocycles. The smallest absolute Gasteiger partial charge is 0.277 e. The molecule has 1 fully saturated rings. The largest absolute Gasteiger partial charge is 0.338 e. The Bertz CT molecular complexity index is 1230. The number of amides is 1. The highest BCUT2D eigenvalue weighted by Gasteiger charge is 2.29. The van der Waals surface area contributed by atoms with Crippen LogP contribution in [0.15, 0.2) is 59.8 Å². The summed E-state index contributed by atoms with van der Waals surface area (Å²) in [5.41, 5.74) is 6.07. The van der Waals surface area contributed by atoms with E-state index < -0.39 is 15.9 Å². The number of hydrogen-bond donors (Lipinski definition) is 2. The van der Waals surface area contributed by atoms with Gasteiger partial charge in [-0.2, -0.15) is 4.31 Å². The van der Waals surface area contributed by atoms with Crippen LogP contribution in [-0.2, 0) is 10.0 Å². The molecule has 2 aromatic carbocycles. The van der Waals surface area contributed by atoms with Crippen LogP contribution in [0.3, 0.4) is 0 Å². The number of nitrogens with one attached hydrogen (secondary N) is 1. The quantitative estimate of drug-likeness (QED) is 0.437. The molecule has 1 amide bonds. The molecule has 0 saturated carbocycles. The van der Waals surface area contributed by atoms with E-state index in [1.807, 2.05) is 49.1 Å². The molecule has 2 heterocycles. The van der Waals surface area contributed by atoms with Crippen molar-refractivity contribution in [2.45, 2.75) is 18.7 Å². The van der Waals surface area contributed by atoms with Gasteiger partial charge in [0.15, 0.2) is 0 Å². The maximum absolute atomic E-state index is 13.2. The lowest BCUT2D eigenvalue weighted by Crippen LogP contribution is -2.49. The van der Waals surface area contributed by atoms with Gasteiger partial charge in [0.05, 0.1) is 10.5 Å². The highest BCUT2D eigenvalue weighted by atomic mass is 32.2. The third-order valence-electron chi connectivity index (χ3n) is 5.79. The van der Waals surface area contributed by atoms with Gasteiger partial charge in [0.25, 0.3) is 5.91 Å². The van der Waals surface area contributed by atoms with Crippen molar-refractivity contribution in [3.8, 4) is 11.1 Å². The second-order valence-electron chi connectivity index (χ2n) is 7.89. The van der Waals surface area contributed by atoms with Gasteiger partial charge in [0.2, 0.25) is 16.0 Å². The van der Waals surface area contributed by atoms with E-state index in [2.05, 4.69) is 9.97 Å². The minimum atomic E-state index is -3.62. The molecular weight excluding hydrogens is 442 g/mol. The van der Waals surface area contributed by atoms with Gasteiger partial charge in [-0.3, -0.25) is 10.0 Å². The molecular formula is C23H25N5O4S. The second-order valence-corrected chi connectivity index (χ2v) is 9.83. The molecule has 4 rings (SSSR count). The number of piperazine rings is 1. The van der Waals surface area contributed by atoms with E-state index >= 15 is 0 Å². The molecule has 2 N–H and O–H groups in total. The first-order valence-electron chi connectivity index (χ1n) is 10.5. The van der Waals surface area contributed by atoms with Crippen LogP contribution in [0.2, 0.25) is 0 Å². The number of aryl methyl sites for hydroxylation is 2. The summed E-state index contributed by atoms with van der Waals surface area (Å²) in [6.07, 6.45) is 2.63. The van der Waals surface area contributed by atoms with Crippen LogP contribution in [0.25, 0.3) is 11.1 Å². The van der Waals surface area contributed by atoms with Crippen LogP contribution in [-0.4, -0.2) is 60.0 Å². The zero-order chi connectivity index (χ0) is 23.6. The number of hydroxylamine groups is 1. The molecule has 10 heteroatoms. The molecule has 172 valence electrons. The fraction of sp³-hybridized carbons (Fsp3) is 0.261. The lowest BCUT2D eigenvalue weighted by molar-refractivity contribution is 0.0705. The Morgan fingerprint density at radius 2 is 1.52 bits per heavy atom. The third-order valence-corrected chi connectivity index (χ3v) is 7.70. The molecule has 0 atom stereocenters. The highest BCUT2D eigenvalue weighted by molar-refractivity contribution is 7.89. The van der Waals surface area contributed by atoms with Crippen molar-refractivity contribution in [3.05, 3.63) is 71.5 Å². The maximum atomic E-state index is 13.2. The van der Waals surface area contributed by atoms with Crippen molar-refractivity contribution in [3.63, 3.8) is 0 Å². The Morgan fingerprint density at radius 1 is 0.939 bits per heavy atom. The van der Waals surface area contributed by atoms with E-state index in [9.17, 15) is 13.2 Å². The maximum Gasteiger partial charge on any atom is 0.277 e. The first kappa shape index (κ1) is 22.8. The van der Waals surface area contributed by atoms with E-state index in [-0.39, 0.29) is 10.5 Å². The Kier molecular flexibility index (Phi) is 6.41. The van der Waals surface area contributed by atoms with Crippen molar-refractivity contribution >= 4 is 21.9 Å². The summed E-state index contributed by atoms with van der Waals surface area (Å²) in [6, 6.07) is 13.1. The molecule has 0 unspecified atom stereocenters. The van der Waals surface area contributed by atoms with E-state index in [1.54, 1.807) is 12.1 Å². The summed E-state index contributed by atoms with van der Waals surface area (Å²) in [5, 5.41) is 8.68. The first-order valence-corrected chi connectivity index (χ1v) is 11.9. The fourth-order valence-electron chi connectivity index (χ4n) is 4.01. The van der Waals surface area contributed by atoms with Gasteiger partial charge in [-0.15, -0.1) is 0 Å². The number of carbonyl (C=O) groups is 1. The molecule has 1 saturated heterocycles. The summed E-state index contributed by atoms with van der Waals surface area (Å²) in [7, 11) is -3.62. The summed E-state index contributed by atoms with van der Waals surface area (Å²) >= 11 is 0. The highest BCUT2D eigenvalue weighted by Crippen LogP contribution is 2.29. The number of benzene rings is 2. The third kappa shape index (κ3) is 4.58. The van der Waals surface area contributed by atoms with Crippen molar-refractivity contribution in [1.29, 1.82) is 0 Å². The van der Waals surface area contributed by atoms with Crippen LogP contribution >= 0.6 is 0 Å². The Balaban J connectivity index is 1.45. The Morgan fingerprint density at radius 3 is 2.06 bits per heavy atom. The molecule has 1 aliphatic heterocycles. The summed E-state index contributed by atoms with van der Waals surface area (Å²) in [5.74, 6) is -0.291. The monoisotopic (exact) mass is 467 g/mol. The number of rotatable bonds is 5. The lowest BCUT2D eigenvalue weighted by Gasteiger charge is -2.34. The SMILES string of the molecule is Cc1cccc(C)c1-c1ccc(S(=O)(=O)N2CCN(c3ncc(C(=O)NO)cn3)CC2)cc1. The average Bonchev–Trinajstić information content (AvgIpc) is 2.84. The number of carbonyl (C=O) groups excluding carboxylic acids is 1. The van der Waals surface area contributed by atoms with Crippen molar-refractivity contribution in [1.82, 2.24) is 19.8 Å². The number of aromatic nitrogens is 2. The molecule has 0 radical (unpaired) electrons. The van der Waals surface area contributed by atoms with Crippen molar-refractivity contribution < 1.29 is 18.4 Å². The topological polar surface area (TPSA) is 116 Å². The second kappa shape index (κ2) is 9.26. The van der Waals surface area contributed by atoms with Crippen molar-refractivity contribution in [2.75, 3.05) is 31.1 Å². The van der Waals surface area contributed by atoms with E-state index in [1.165, 1.54) is 22.2 Å². The Hall–Kier alpha value is -3.34. The van der Waals surface area contributed by atoms with Gasteiger partial charge >= 0.3 is 0 Å². The van der Waals surface area contributed by atoms with Crippen LogP contribution < -0.4 is 10.4 Å². The first-order chi connectivity index (χ1) is 15.8. The molecule has 1 aliphatic rings. The number of nitrogens with zero attached hydrogens (tertiary/aromatic N) is 4. The van der Waals surface area contributed by atoms with E-state index in [0.29, 0.717) is 32.1 Å². The summed E-state index contributed by atoms with van der Waals surface area (Å²) in [4.78, 5) is 21.8. The summed E-state index contributed by atoms with van der Waals surface area (Å²) in [6.45, 7) is 5.53. The van der Waals surface area contributed by atoms with Gasteiger partial charge in [-0.05, 0) is 48.2 Å². The number of hydrogen-bond acceptors (Lipinski definition) is 7. The van der Waals surface area contributed by atoms with Gasteiger partial charge < -0.3 is 4.90 Å². The number of sulfonamides is 1. The van der Waals surface area contributed by atoms with Crippen LogP contribution in [0.5, 0.6) is 0 Å². The summed E-state index contributed by atoms with van der Waals surface area (Å²) < 4.78 is 27.8.